The fourth-order valence-corrected chi connectivity index (χ4v) is 3.74. The highest BCUT2D eigenvalue weighted by Gasteiger charge is 2.13. The molecule has 0 fully saturated rings. The SMILES string of the molecule is Clc1ccc(-c2nc3sccn3c2/C=N\OCc2ccc(Cl)c(Cl)c2)cc1. The lowest BCUT2D eigenvalue weighted by molar-refractivity contribution is 0.132. The Labute approximate surface area is 174 Å². The fraction of sp³-hybridized carbons (Fsp3) is 0.0526. The molecule has 0 N–H and O–H groups in total. The Morgan fingerprint density at radius 2 is 1.89 bits per heavy atom. The molecule has 0 aliphatic rings. The molecular weight excluding hydrogens is 425 g/mol. The Hall–Kier alpha value is -2.05. The van der Waals surface area contributed by atoms with Crippen LogP contribution in [-0.4, -0.2) is 15.6 Å². The van der Waals surface area contributed by atoms with Crippen molar-refractivity contribution in [1.82, 2.24) is 9.38 Å². The molecular formula is C19H12Cl3N3OS. The second-order valence-electron chi connectivity index (χ2n) is 5.66. The van der Waals surface area contributed by atoms with Gasteiger partial charge in [0.1, 0.15) is 6.61 Å². The van der Waals surface area contributed by atoms with Gasteiger partial charge in [0.05, 0.1) is 27.6 Å². The lowest BCUT2D eigenvalue weighted by Gasteiger charge is -2.03. The van der Waals surface area contributed by atoms with Gasteiger partial charge in [-0.3, -0.25) is 4.40 Å². The summed E-state index contributed by atoms with van der Waals surface area (Å²) in [5.41, 5.74) is 3.50. The standard InChI is InChI=1S/C19H12Cl3N3OS/c20-14-4-2-13(3-5-14)18-17(25-7-8-27-19(25)24-18)10-23-26-11-12-1-6-15(21)16(22)9-12/h1-10H,11H2/b23-10-. The van der Waals surface area contributed by atoms with Crippen LogP contribution in [0, 0.1) is 0 Å². The van der Waals surface area contributed by atoms with Crippen molar-refractivity contribution in [1.29, 1.82) is 0 Å². The molecule has 4 nitrogen and oxygen atoms in total. The van der Waals surface area contributed by atoms with Gasteiger partial charge in [0.15, 0.2) is 4.96 Å². The summed E-state index contributed by atoms with van der Waals surface area (Å²) in [7, 11) is 0. The zero-order valence-electron chi connectivity index (χ0n) is 13.8. The summed E-state index contributed by atoms with van der Waals surface area (Å²) in [6, 6.07) is 12.9. The van der Waals surface area contributed by atoms with Crippen LogP contribution in [0.4, 0.5) is 0 Å². The molecule has 27 heavy (non-hydrogen) atoms. The van der Waals surface area contributed by atoms with Gasteiger partial charge < -0.3 is 4.84 Å². The maximum Gasteiger partial charge on any atom is 0.194 e. The van der Waals surface area contributed by atoms with Crippen molar-refractivity contribution in [3.63, 3.8) is 0 Å². The van der Waals surface area contributed by atoms with Crippen LogP contribution in [0.3, 0.4) is 0 Å². The molecule has 2 aromatic heterocycles. The largest absolute Gasteiger partial charge is 0.391 e. The summed E-state index contributed by atoms with van der Waals surface area (Å²) in [4.78, 5) is 11.0. The highest BCUT2D eigenvalue weighted by atomic mass is 35.5. The van der Waals surface area contributed by atoms with E-state index in [4.69, 9.17) is 44.6 Å². The van der Waals surface area contributed by atoms with Gasteiger partial charge in [0.25, 0.3) is 0 Å². The molecule has 0 atom stereocenters. The van der Waals surface area contributed by atoms with Crippen LogP contribution in [0.1, 0.15) is 11.3 Å². The number of thiazole rings is 1. The first-order chi connectivity index (χ1) is 13.1. The van der Waals surface area contributed by atoms with E-state index in [1.54, 1.807) is 29.7 Å². The molecule has 0 amide bonds. The van der Waals surface area contributed by atoms with Crippen LogP contribution in [-0.2, 0) is 11.4 Å². The van der Waals surface area contributed by atoms with Crippen LogP contribution in [0.15, 0.2) is 59.2 Å². The highest BCUT2D eigenvalue weighted by molar-refractivity contribution is 7.15. The van der Waals surface area contributed by atoms with Crippen molar-refractivity contribution in [2.45, 2.75) is 6.61 Å². The van der Waals surface area contributed by atoms with Crippen molar-refractivity contribution in [3.05, 3.63) is 80.4 Å². The van der Waals surface area contributed by atoms with Gasteiger partial charge in [-0.15, -0.1) is 11.3 Å². The number of rotatable bonds is 5. The minimum absolute atomic E-state index is 0.287. The van der Waals surface area contributed by atoms with E-state index in [1.165, 1.54) is 0 Å². The normalized spacial score (nSPS) is 11.5. The van der Waals surface area contributed by atoms with E-state index in [1.807, 2.05) is 46.3 Å². The van der Waals surface area contributed by atoms with Crippen LogP contribution < -0.4 is 0 Å². The molecule has 8 heteroatoms. The zero-order valence-corrected chi connectivity index (χ0v) is 16.9. The van der Waals surface area contributed by atoms with Crippen LogP contribution in [0.25, 0.3) is 16.2 Å². The lowest BCUT2D eigenvalue weighted by Crippen LogP contribution is -1.93. The minimum atomic E-state index is 0.287. The fourth-order valence-electron chi connectivity index (χ4n) is 2.58. The second kappa shape index (κ2) is 7.90. The average Bonchev–Trinajstić information content (AvgIpc) is 3.24. The molecule has 0 unspecified atom stereocenters. The molecule has 0 radical (unpaired) electrons. The van der Waals surface area contributed by atoms with Gasteiger partial charge in [-0.1, -0.05) is 58.2 Å². The van der Waals surface area contributed by atoms with Gasteiger partial charge in [-0.05, 0) is 29.8 Å². The second-order valence-corrected chi connectivity index (χ2v) is 7.79. The third-order valence-electron chi connectivity index (χ3n) is 3.88. The molecule has 0 spiro atoms. The quantitative estimate of drug-likeness (QED) is 0.262. The lowest BCUT2D eigenvalue weighted by atomic mass is 10.1. The molecule has 2 aromatic carbocycles. The number of hydrogen-bond donors (Lipinski definition) is 0. The zero-order chi connectivity index (χ0) is 18.8. The number of halogens is 3. The number of hydrogen-bond acceptors (Lipinski definition) is 4. The molecule has 136 valence electrons. The van der Waals surface area contributed by atoms with Crippen LogP contribution in [0.2, 0.25) is 15.1 Å². The topological polar surface area (TPSA) is 38.9 Å². The van der Waals surface area contributed by atoms with Gasteiger partial charge in [0.2, 0.25) is 0 Å². The van der Waals surface area contributed by atoms with E-state index in [2.05, 4.69) is 5.16 Å². The predicted molar refractivity (Wildman–Crippen MR) is 112 cm³/mol. The van der Waals surface area contributed by atoms with Crippen molar-refractivity contribution in [2.75, 3.05) is 0 Å². The molecule has 4 aromatic rings. The predicted octanol–water partition coefficient (Wildman–Crippen LogP) is 6.57. The number of aromatic nitrogens is 2. The molecule has 2 heterocycles. The molecule has 0 aliphatic carbocycles. The van der Waals surface area contributed by atoms with E-state index in [9.17, 15) is 0 Å². The summed E-state index contributed by atoms with van der Waals surface area (Å²) in [6.07, 6.45) is 3.61. The summed E-state index contributed by atoms with van der Waals surface area (Å²) < 4.78 is 1.97. The molecule has 0 bridgehead atoms. The Morgan fingerprint density at radius 3 is 2.67 bits per heavy atom. The van der Waals surface area contributed by atoms with Crippen LogP contribution >= 0.6 is 46.1 Å². The maximum atomic E-state index is 6.01. The van der Waals surface area contributed by atoms with E-state index in [-0.39, 0.29) is 6.61 Å². The number of imidazole rings is 1. The van der Waals surface area contributed by atoms with Gasteiger partial charge in [0, 0.05) is 22.2 Å². The van der Waals surface area contributed by atoms with Crippen molar-refractivity contribution >= 4 is 57.3 Å². The first-order valence-electron chi connectivity index (χ1n) is 7.92. The van der Waals surface area contributed by atoms with Crippen molar-refractivity contribution < 1.29 is 4.84 Å². The molecule has 0 aliphatic heterocycles. The average molecular weight is 437 g/mol. The Morgan fingerprint density at radius 1 is 1.07 bits per heavy atom. The summed E-state index contributed by atoms with van der Waals surface area (Å²) in [6.45, 7) is 0.287. The summed E-state index contributed by atoms with van der Waals surface area (Å²) >= 11 is 19.5. The first-order valence-corrected chi connectivity index (χ1v) is 9.94. The monoisotopic (exact) mass is 435 g/mol. The number of fused-ring (bicyclic) bond motifs is 1. The van der Waals surface area contributed by atoms with E-state index < -0.39 is 0 Å². The molecule has 0 saturated heterocycles. The third kappa shape index (κ3) is 3.96. The first kappa shape index (κ1) is 18.3. The Balaban J connectivity index is 1.58. The van der Waals surface area contributed by atoms with Gasteiger partial charge in [-0.25, -0.2) is 4.98 Å². The summed E-state index contributed by atoms with van der Waals surface area (Å²) in [5.74, 6) is 0. The van der Waals surface area contributed by atoms with E-state index in [0.29, 0.717) is 15.1 Å². The van der Waals surface area contributed by atoms with E-state index in [0.717, 1.165) is 27.5 Å². The highest BCUT2D eigenvalue weighted by Crippen LogP contribution is 2.27. The number of oxime groups is 1. The van der Waals surface area contributed by atoms with Gasteiger partial charge in [-0.2, -0.15) is 0 Å². The Kier molecular flexibility index (Phi) is 5.36. The number of nitrogens with zero attached hydrogens (tertiary/aromatic N) is 3. The minimum Gasteiger partial charge on any atom is -0.391 e. The number of benzene rings is 2. The third-order valence-corrected chi connectivity index (χ3v) is 5.63. The molecule has 0 saturated carbocycles. The van der Waals surface area contributed by atoms with Crippen molar-refractivity contribution in [3.8, 4) is 11.3 Å². The van der Waals surface area contributed by atoms with E-state index >= 15 is 0 Å². The summed E-state index contributed by atoms with van der Waals surface area (Å²) in [5, 5.41) is 7.76. The van der Waals surface area contributed by atoms with Crippen molar-refractivity contribution in [2.24, 2.45) is 5.16 Å². The molecule has 4 rings (SSSR count). The smallest absolute Gasteiger partial charge is 0.194 e. The Bertz CT molecular complexity index is 1120. The van der Waals surface area contributed by atoms with Gasteiger partial charge >= 0.3 is 0 Å². The van der Waals surface area contributed by atoms with Crippen LogP contribution in [0.5, 0.6) is 0 Å². The maximum absolute atomic E-state index is 6.01.